The highest BCUT2D eigenvalue weighted by Gasteiger charge is 2.47. The van der Waals surface area contributed by atoms with E-state index in [0.29, 0.717) is 11.2 Å². The highest BCUT2D eigenvalue weighted by molar-refractivity contribution is 5.93. The van der Waals surface area contributed by atoms with E-state index in [1.165, 1.54) is 15.6 Å². The zero-order valence-electron chi connectivity index (χ0n) is 18.8. The predicted molar refractivity (Wildman–Crippen MR) is 118 cm³/mol. The minimum atomic E-state index is -5.08. The Balaban J connectivity index is 0.000000405. The molecule has 0 radical (unpaired) electrons. The summed E-state index contributed by atoms with van der Waals surface area (Å²) in [5, 5.41) is 12.1. The second-order valence-corrected chi connectivity index (χ2v) is 7.97. The van der Waals surface area contributed by atoms with Crippen LogP contribution in [-0.4, -0.2) is 72.8 Å². The van der Waals surface area contributed by atoms with E-state index >= 15 is 0 Å². The maximum absolute atomic E-state index is 14.6. The number of carbonyl (C=O) groups is 2. The highest BCUT2D eigenvalue weighted by atomic mass is 19.4. The van der Waals surface area contributed by atoms with Gasteiger partial charge in [0.15, 0.2) is 11.8 Å². The van der Waals surface area contributed by atoms with Crippen LogP contribution in [0.4, 0.5) is 22.0 Å². The third-order valence-corrected chi connectivity index (χ3v) is 5.39. The van der Waals surface area contributed by atoms with Crippen LogP contribution in [0.2, 0.25) is 0 Å². The molecule has 194 valence electrons. The van der Waals surface area contributed by atoms with Crippen LogP contribution in [0.25, 0.3) is 16.6 Å². The minimum Gasteiger partial charge on any atom is -0.475 e. The van der Waals surface area contributed by atoms with Gasteiger partial charge in [-0.3, -0.25) is 4.79 Å². The van der Waals surface area contributed by atoms with E-state index in [0.717, 1.165) is 5.39 Å². The number of alkyl halides is 5. The molecule has 1 atom stereocenters. The van der Waals surface area contributed by atoms with Gasteiger partial charge >= 0.3 is 12.1 Å². The van der Waals surface area contributed by atoms with Gasteiger partial charge in [0, 0.05) is 30.6 Å². The Morgan fingerprint density at radius 1 is 1.05 bits per heavy atom. The fourth-order valence-electron chi connectivity index (χ4n) is 3.53. The third kappa shape index (κ3) is 5.90. The second kappa shape index (κ2) is 9.95. The van der Waals surface area contributed by atoms with Gasteiger partial charge in [-0.15, -0.1) is 0 Å². The van der Waals surface area contributed by atoms with Crippen molar-refractivity contribution in [2.45, 2.75) is 24.6 Å². The molecule has 1 N–H and O–H groups in total. The number of ether oxygens (including phenoxy) is 1. The number of likely N-dealkylation sites (tertiary alicyclic amines) is 1. The third-order valence-electron chi connectivity index (χ3n) is 5.39. The fraction of sp³-hybridized carbons (Fsp3) is 0.261. The molecule has 1 amide bonds. The van der Waals surface area contributed by atoms with Gasteiger partial charge in [-0.2, -0.15) is 18.3 Å². The van der Waals surface area contributed by atoms with Crippen LogP contribution in [0.3, 0.4) is 0 Å². The molecule has 5 rings (SSSR count). The van der Waals surface area contributed by atoms with E-state index in [1.807, 2.05) is 18.2 Å². The molecule has 1 fully saturated rings. The van der Waals surface area contributed by atoms with Gasteiger partial charge in [0.05, 0.1) is 18.3 Å². The number of hydrogen-bond donors (Lipinski definition) is 1. The Kier molecular flexibility index (Phi) is 6.92. The number of aromatic nitrogens is 4. The first-order valence-electron chi connectivity index (χ1n) is 10.7. The number of carboxylic acid groups (broad SMARTS) is 1. The topological polar surface area (TPSA) is 110 Å². The zero-order valence-corrected chi connectivity index (χ0v) is 18.8. The van der Waals surface area contributed by atoms with Gasteiger partial charge in [-0.1, -0.05) is 18.2 Å². The Labute approximate surface area is 205 Å². The van der Waals surface area contributed by atoms with E-state index in [1.54, 1.807) is 36.5 Å². The van der Waals surface area contributed by atoms with Crippen LogP contribution in [0, 0.1) is 0 Å². The van der Waals surface area contributed by atoms with Crippen molar-refractivity contribution in [2.24, 2.45) is 0 Å². The Morgan fingerprint density at radius 2 is 1.78 bits per heavy atom. The number of amides is 1. The predicted octanol–water partition coefficient (Wildman–Crippen LogP) is 3.84. The lowest BCUT2D eigenvalue weighted by Gasteiger charge is -2.37. The quantitative estimate of drug-likeness (QED) is 0.407. The van der Waals surface area contributed by atoms with Crippen LogP contribution in [0.5, 0.6) is 5.88 Å². The lowest BCUT2D eigenvalue weighted by atomic mass is 10.0. The number of hydrogen-bond acceptors (Lipinski definition) is 6. The van der Waals surface area contributed by atoms with Gasteiger partial charge in [-0.05, 0) is 24.3 Å². The number of aliphatic carboxylic acids is 1. The van der Waals surface area contributed by atoms with Crippen molar-refractivity contribution in [3.63, 3.8) is 0 Å². The van der Waals surface area contributed by atoms with E-state index in [2.05, 4.69) is 15.1 Å². The molecule has 1 saturated heterocycles. The van der Waals surface area contributed by atoms with Crippen molar-refractivity contribution >= 4 is 28.4 Å². The van der Waals surface area contributed by atoms with Gasteiger partial charge in [-0.25, -0.2) is 28.1 Å². The summed E-state index contributed by atoms with van der Waals surface area (Å²) in [6.07, 6.45) is -4.02. The number of rotatable bonds is 3. The molecule has 0 unspecified atom stereocenters. The molecular weight excluding hydrogens is 505 g/mol. The summed E-state index contributed by atoms with van der Waals surface area (Å²) in [6.45, 7) is -0.347. The van der Waals surface area contributed by atoms with E-state index < -0.39 is 36.5 Å². The molecule has 1 aromatic carbocycles. The number of piperidine rings is 1. The van der Waals surface area contributed by atoms with Crippen LogP contribution < -0.4 is 4.74 Å². The van der Waals surface area contributed by atoms with Crippen molar-refractivity contribution in [2.75, 3.05) is 13.1 Å². The van der Waals surface area contributed by atoms with E-state index in [4.69, 9.17) is 14.6 Å². The maximum Gasteiger partial charge on any atom is 0.490 e. The highest BCUT2D eigenvalue weighted by Crippen LogP contribution is 2.32. The van der Waals surface area contributed by atoms with Gasteiger partial charge in [0.2, 0.25) is 5.88 Å². The summed E-state index contributed by atoms with van der Waals surface area (Å²) in [4.78, 5) is 31.6. The molecule has 1 aliphatic heterocycles. The molecular formula is C23H18F5N5O4. The van der Waals surface area contributed by atoms with Crippen LogP contribution in [-0.2, 0) is 4.79 Å². The van der Waals surface area contributed by atoms with Crippen LogP contribution in [0.15, 0.2) is 60.9 Å². The normalized spacial score (nSPS) is 17.2. The summed E-state index contributed by atoms with van der Waals surface area (Å²) in [5.41, 5.74) is 1.32. The number of fused-ring (bicyclic) bond motifs is 2. The molecule has 0 bridgehead atoms. The number of carbonyl (C=O) groups excluding carboxylic acids is 1. The molecule has 4 heterocycles. The zero-order chi connectivity index (χ0) is 26.8. The molecule has 3 aromatic heterocycles. The molecule has 0 aliphatic carbocycles. The number of imidazole rings is 1. The van der Waals surface area contributed by atoms with Crippen LogP contribution in [0.1, 0.15) is 16.9 Å². The summed E-state index contributed by atoms with van der Waals surface area (Å²) < 4.78 is 67.9. The van der Waals surface area contributed by atoms with Crippen molar-refractivity contribution in [3.05, 3.63) is 66.6 Å². The lowest BCUT2D eigenvalue weighted by Crippen LogP contribution is -2.55. The fourth-order valence-corrected chi connectivity index (χ4v) is 3.53. The molecule has 1 aliphatic rings. The average molecular weight is 523 g/mol. The first-order chi connectivity index (χ1) is 17.4. The van der Waals surface area contributed by atoms with Crippen molar-refractivity contribution in [1.82, 2.24) is 24.5 Å². The largest absolute Gasteiger partial charge is 0.490 e. The SMILES string of the molecule is O=C(O)C(F)(F)F.O=C(c1cn2ncccc2n1)N1CCC(F)(F)[C@@H](Oc2ccc3ccccc3n2)C1. The summed E-state index contributed by atoms with van der Waals surface area (Å²) in [7, 11) is 0. The van der Waals surface area contributed by atoms with E-state index in [9.17, 15) is 26.7 Å². The molecule has 9 nitrogen and oxygen atoms in total. The Morgan fingerprint density at radius 3 is 2.49 bits per heavy atom. The molecule has 14 heteroatoms. The number of benzene rings is 1. The number of pyridine rings is 1. The minimum absolute atomic E-state index is 0.0852. The van der Waals surface area contributed by atoms with Crippen molar-refractivity contribution in [1.29, 1.82) is 0 Å². The standard InChI is InChI=1S/C21H17F2N5O2.C2HF3O2/c22-21(23)9-11-27(20(29)16-12-28-18(25-16)6-3-10-24-28)13-17(21)30-19-8-7-14-4-1-2-5-15(14)26-19;3-2(4,5)1(6)7/h1-8,10,12,17H,9,11,13H2;(H,6,7)/t17-;/m0./s1. The first-order valence-corrected chi connectivity index (χ1v) is 10.7. The summed E-state index contributed by atoms with van der Waals surface area (Å²) in [5.74, 6) is -6.17. The van der Waals surface area contributed by atoms with Gasteiger partial charge < -0.3 is 14.7 Å². The molecule has 0 saturated carbocycles. The number of carboxylic acids is 1. The maximum atomic E-state index is 14.6. The average Bonchev–Trinajstić information content (AvgIpc) is 3.29. The monoisotopic (exact) mass is 523 g/mol. The van der Waals surface area contributed by atoms with E-state index in [-0.39, 0.29) is 24.7 Å². The Bertz CT molecular complexity index is 1410. The number of nitrogens with zero attached hydrogens (tertiary/aromatic N) is 5. The van der Waals surface area contributed by atoms with Crippen molar-refractivity contribution < 1.29 is 41.4 Å². The smallest absolute Gasteiger partial charge is 0.475 e. The molecule has 37 heavy (non-hydrogen) atoms. The Hall–Kier alpha value is -4.36. The van der Waals surface area contributed by atoms with Crippen LogP contribution >= 0.6 is 0 Å². The summed E-state index contributed by atoms with van der Waals surface area (Å²) >= 11 is 0. The number of para-hydroxylation sites is 1. The first kappa shape index (κ1) is 25.7. The second-order valence-electron chi connectivity index (χ2n) is 7.97. The lowest BCUT2D eigenvalue weighted by molar-refractivity contribution is -0.192. The van der Waals surface area contributed by atoms with Gasteiger partial charge in [0.1, 0.15) is 5.69 Å². The molecule has 4 aromatic rings. The van der Waals surface area contributed by atoms with Crippen molar-refractivity contribution in [3.8, 4) is 5.88 Å². The molecule has 0 spiro atoms. The van der Waals surface area contributed by atoms with Gasteiger partial charge in [0.25, 0.3) is 11.8 Å². The summed E-state index contributed by atoms with van der Waals surface area (Å²) in [6, 6.07) is 14.1. The number of halogens is 5.